The number of hydrogen-bond acceptors (Lipinski definition) is 5. The second kappa shape index (κ2) is 8.11. The summed E-state index contributed by atoms with van der Waals surface area (Å²) in [6.07, 6.45) is 0. The molecule has 0 saturated carbocycles. The van der Waals surface area contributed by atoms with Gasteiger partial charge >= 0.3 is 0 Å². The van der Waals surface area contributed by atoms with E-state index in [-0.39, 0.29) is 11.4 Å². The molecule has 6 nitrogen and oxygen atoms in total. The van der Waals surface area contributed by atoms with Crippen LogP contribution in [0.25, 0.3) is 0 Å². The maximum absolute atomic E-state index is 11.9. The lowest BCUT2D eigenvalue weighted by molar-refractivity contribution is 0.153. The van der Waals surface area contributed by atoms with E-state index in [9.17, 15) is 8.42 Å². The quantitative estimate of drug-likeness (QED) is 0.639. The first-order valence-corrected chi connectivity index (χ1v) is 7.59. The van der Waals surface area contributed by atoms with E-state index in [0.29, 0.717) is 32.1 Å². The van der Waals surface area contributed by atoms with Crippen LogP contribution in [0.2, 0.25) is 0 Å². The fourth-order valence-corrected chi connectivity index (χ4v) is 2.38. The third kappa shape index (κ3) is 5.56. The third-order valence-corrected chi connectivity index (χ3v) is 3.74. The van der Waals surface area contributed by atoms with Crippen molar-refractivity contribution in [2.75, 3.05) is 32.9 Å². The van der Waals surface area contributed by atoms with E-state index >= 15 is 0 Å². The summed E-state index contributed by atoms with van der Waals surface area (Å²) in [5.74, 6) is 0.596. The van der Waals surface area contributed by atoms with Crippen molar-refractivity contribution in [3.05, 3.63) is 24.3 Å². The predicted molar refractivity (Wildman–Crippen MR) is 72.7 cm³/mol. The molecule has 0 atom stereocenters. The maximum atomic E-state index is 11.9. The fourth-order valence-electron chi connectivity index (χ4n) is 1.37. The molecule has 0 heterocycles. The number of rotatable bonds is 9. The van der Waals surface area contributed by atoms with E-state index in [0.717, 1.165) is 0 Å². The van der Waals surface area contributed by atoms with Gasteiger partial charge in [0, 0.05) is 19.7 Å². The molecule has 7 heteroatoms. The number of nitrogens with one attached hydrogen (secondary N) is 1. The third-order valence-electron chi connectivity index (χ3n) is 2.26. The van der Waals surface area contributed by atoms with Gasteiger partial charge in [-0.3, -0.25) is 0 Å². The molecule has 0 unspecified atom stereocenters. The number of benzene rings is 1. The Hall–Kier alpha value is -1.15. The Bertz CT molecular complexity index is 459. The highest BCUT2D eigenvalue weighted by atomic mass is 32.2. The molecule has 108 valence electrons. The molecular weight excluding hydrogens is 268 g/mol. The first-order chi connectivity index (χ1) is 9.10. The van der Waals surface area contributed by atoms with Gasteiger partial charge in [0.2, 0.25) is 10.0 Å². The van der Waals surface area contributed by atoms with Crippen LogP contribution in [0.15, 0.2) is 29.2 Å². The van der Waals surface area contributed by atoms with Gasteiger partial charge in [0.05, 0.1) is 11.5 Å². The van der Waals surface area contributed by atoms with E-state index in [1.165, 1.54) is 12.1 Å². The molecule has 0 aromatic heterocycles. The number of hydrogen-bond donors (Lipinski definition) is 2. The molecule has 1 aromatic carbocycles. The monoisotopic (exact) mass is 288 g/mol. The van der Waals surface area contributed by atoms with Crippen LogP contribution in [0, 0.1) is 0 Å². The van der Waals surface area contributed by atoms with Crippen molar-refractivity contribution in [2.45, 2.75) is 11.8 Å². The van der Waals surface area contributed by atoms with Crippen molar-refractivity contribution < 1.29 is 17.9 Å². The topological polar surface area (TPSA) is 90.6 Å². The molecule has 0 aliphatic heterocycles. The second-order valence-corrected chi connectivity index (χ2v) is 5.47. The highest BCUT2D eigenvalue weighted by Crippen LogP contribution is 2.15. The van der Waals surface area contributed by atoms with E-state index in [2.05, 4.69) is 4.72 Å². The Labute approximate surface area is 113 Å². The number of ether oxygens (including phenoxy) is 2. The van der Waals surface area contributed by atoms with Gasteiger partial charge in [-0.05, 0) is 31.2 Å². The van der Waals surface area contributed by atoms with Gasteiger partial charge in [-0.25, -0.2) is 13.1 Å². The van der Waals surface area contributed by atoms with E-state index in [4.69, 9.17) is 15.2 Å². The normalized spacial score (nSPS) is 11.5. The molecule has 0 amide bonds. The van der Waals surface area contributed by atoms with Crippen molar-refractivity contribution in [2.24, 2.45) is 5.73 Å². The molecule has 19 heavy (non-hydrogen) atoms. The Morgan fingerprint density at radius 3 is 2.47 bits per heavy atom. The molecule has 0 saturated heterocycles. The van der Waals surface area contributed by atoms with Crippen LogP contribution in [-0.2, 0) is 14.8 Å². The molecule has 0 fully saturated rings. The molecule has 0 aliphatic carbocycles. The van der Waals surface area contributed by atoms with Crippen molar-refractivity contribution in [3.63, 3.8) is 0 Å². The van der Waals surface area contributed by atoms with Crippen LogP contribution >= 0.6 is 0 Å². The molecule has 0 aliphatic rings. The Morgan fingerprint density at radius 2 is 1.89 bits per heavy atom. The molecule has 1 rings (SSSR count). The van der Waals surface area contributed by atoms with Gasteiger partial charge in [-0.1, -0.05) is 0 Å². The predicted octanol–water partition coefficient (Wildman–Crippen LogP) is 0.339. The zero-order valence-electron chi connectivity index (χ0n) is 11.0. The van der Waals surface area contributed by atoms with Gasteiger partial charge in [-0.2, -0.15) is 0 Å². The SMILES string of the molecule is CCOCCNS(=O)(=O)c1ccc(OCCN)cc1. The molecular formula is C12H20N2O4S. The van der Waals surface area contributed by atoms with Crippen LogP contribution in [0.1, 0.15) is 6.92 Å². The largest absolute Gasteiger partial charge is 0.492 e. The summed E-state index contributed by atoms with van der Waals surface area (Å²) in [5.41, 5.74) is 5.31. The van der Waals surface area contributed by atoms with Gasteiger partial charge in [0.15, 0.2) is 0 Å². The van der Waals surface area contributed by atoms with Crippen LogP contribution in [0.3, 0.4) is 0 Å². The minimum atomic E-state index is -3.49. The smallest absolute Gasteiger partial charge is 0.240 e. The molecule has 0 bridgehead atoms. The summed E-state index contributed by atoms with van der Waals surface area (Å²) in [6, 6.07) is 6.20. The van der Waals surface area contributed by atoms with E-state index in [1.807, 2.05) is 6.92 Å². The fraction of sp³-hybridized carbons (Fsp3) is 0.500. The lowest BCUT2D eigenvalue weighted by Crippen LogP contribution is -2.27. The van der Waals surface area contributed by atoms with Crippen molar-refractivity contribution >= 4 is 10.0 Å². The van der Waals surface area contributed by atoms with Crippen LogP contribution in [0.5, 0.6) is 5.75 Å². The lowest BCUT2D eigenvalue weighted by Gasteiger charge is -2.08. The number of sulfonamides is 1. The summed E-state index contributed by atoms with van der Waals surface area (Å²) in [4.78, 5) is 0.198. The summed E-state index contributed by atoms with van der Waals surface area (Å²) in [7, 11) is -3.49. The lowest BCUT2D eigenvalue weighted by atomic mass is 10.3. The zero-order valence-corrected chi connectivity index (χ0v) is 11.8. The summed E-state index contributed by atoms with van der Waals surface area (Å²) < 4.78 is 36.6. The van der Waals surface area contributed by atoms with Crippen molar-refractivity contribution in [1.29, 1.82) is 0 Å². The summed E-state index contributed by atoms with van der Waals surface area (Å²) >= 11 is 0. The molecule has 3 N–H and O–H groups in total. The average Bonchev–Trinajstić information content (AvgIpc) is 2.42. The van der Waals surface area contributed by atoms with E-state index in [1.54, 1.807) is 12.1 Å². The first kappa shape index (κ1) is 15.9. The minimum absolute atomic E-state index is 0.198. The summed E-state index contributed by atoms with van der Waals surface area (Å²) in [6.45, 7) is 3.84. The maximum Gasteiger partial charge on any atom is 0.240 e. The van der Waals surface area contributed by atoms with E-state index < -0.39 is 10.0 Å². The second-order valence-electron chi connectivity index (χ2n) is 3.70. The Kier molecular flexibility index (Phi) is 6.79. The first-order valence-electron chi connectivity index (χ1n) is 6.10. The Morgan fingerprint density at radius 1 is 1.21 bits per heavy atom. The van der Waals surface area contributed by atoms with Crippen molar-refractivity contribution in [3.8, 4) is 5.75 Å². The van der Waals surface area contributed by atoms with Crippen LogP contribution in [0.4, 0.5) is 0 Å². The Balaban J connectivity index is 2.58. The van der Waals surface area contributed by atoms with Crippen molar-refractivity contribution in [1.82, 2.24) is 4.72 Å². The van der Waals surface area contributed by atoms with Gasteiger partial charge in [0.1, 0.15) is 12.4 Å². The summed E-state index contributed by atoms with van der Waals surface area (Å²) in [5, 5.41) is 0. The van der Waals surface area contributed by atoms with Crippen LogP contribution in [-0.4, -0.2) is 41.3 Å². The average molecular weight is 288 g/mol. The van der Waals surface area contributed by atoms with Gasteiger partial charge < -0.3 is 15.2 Å². The highest BCUT2D eigenvalue weighted by Gasteiger charge is 2.12. The standard InChI is InChI=1S/C12H20N2O4S/c1-2-17-10-8-14-19(15,16)12-5-3-11(4-6-12)18-9-7-13/h3-6,14H,2,7-10,13H2,1H3. The number of nitrogens with two attached hydrogens (primary N) is 1. The van der Waals surface area contributed by atoms with Crippen LogP contribution < -0.4 is 15.2 Å². The minimum Gasteiger partial charge on any atom is -0.492 e. The highest BCUT2D eigenvalue weighted by molar-refractivity contribution is 7.89. The molecule has 1 aromatic rings. The zero-order chi connectivity index (χ0) is 14.1. The molecule has 0 radical (unpaired) electrons. The van der Waals surface area contributed by atoms with Gasteiger partial charge in [-0.15, -0.1) is 0 Å². The van der Waals surface area contributed by atoms with Gasteiger partial charge in [0.25, 0.3) is 0 Å². The molecule has 0 spiro atoms.